The van der Waals surface area contributed by atoms with Crippen LogP contribution in [-0.2, 0) is 42.0 Å². The summed E-state index contributed by atoms with van der Waals surface area (Å²) in [5, 5.41) is 16.9. The van der Waals surface area contributed by atoms with Crippen LogP contribution in [0.5, 0.6) is 0 Å². The van der Waals surface area contributed by atoms with E-state index in [0.29, 0.717) is 0 Å². The molecule has 0 amide bonds. The van der Waals surface area contributed by atoms with E-state index in [1.807, 2.05) is 36.4 Å². The van der Waals surface area contributed by atoms with E-state index in [0.717, 1.165) is 0 Å². The second-order valence-corrected chi connectivity index (χ2v) is 2.60. The van der Waals surface area contributed by atoms with Gasteiger partial charge in [-0.25, -0.2) is 10.5 Å². The Balaban J connectivity index is -0.000000188. The SMILES string of the molecule is N#C[S-].N#C[S-].[Co+2].c1ccncc1.c1ccncc1. The third-order valence-electron chi connectivity index (χ3n) is 1.13. The van der Waals surface area contributed by atoms with Crippen LogP contribution in [0.2, 0.25) is 0 Å². The predicted molar refractivity (Wildman–Crippen MR) is 74.4 cm³/mol. The van der Waals surface area contributed by atoms with E-state index in [-0.39, 0.29) is 16.8 Å². The fourth-order valence-electron chi connectivity index (χ4n) is 0.625. The first kappa shape index (κ1) is 22.4. The fourth-order valence-corrected chi connectivity index (χ4v) is 0.625. The molecule has 99 valence electrons. The summed E-state index contributed by atoms with van der Waals surface area (Å²) >= 11 is 7.40. The van der Waals surface area contributed by atoms with Crippen molar-refractivity contribution in [3.8, 4) is 10.8 Å². The van der Waals surface area contributed by atoms with Crippen LogP contribution in [0.25, 0.3) is 0 Å². The zero-order valence-corrected chi connectivity index (χ0v) is 12.4. The van der Waals surface area contributed by atoms with Crippen LogP contribution >= 0.6 is 0 Å². The standard InChI is InChI=1S/2C5H5N.2CHNS.Co/c2*1-2-4-6-5-3-1;2*2-1-3;/h2*1-5H;2*3H;/q;;;;+2/p-2. The number of hydrogen-bond acceptors (Lipinski definition) is 6. The number of aromatic nitrogens is 2. The van der Waals surface area contributed by atoms with Gasteiger partial charge in [-0.1, -0.05) is 22.9 Å². The molecule has 2 heterocycles. The fraction of sp³-hybridized carbons (Fsp3) is 0. The molecule has 0 aliphatic carbocycles. The van der Waals surface area contributed by atoms with Crippen LogP contribution < -0.4 is 0 Å². The molecule has 0 N–H and O–H groups in total. The maximum Gasteiger partial charge on any atom is 2.00 e. The summed E-state index contributed by atoms with van der Waals surface area (Å²) in [6, 6.07) is 11.4. The molecule has 0 aliphatic rings. The Morgan fingerprint density at radius 1 is 0.632 bits per heavy atom. The van der Waals surface area contributed by atoms with Crippen molar-refractivity contribution in [2.75, 3.05) is 0 Å². The van der Waals surface area contributed by atoms with Crippen LogP contribution in [0, 0.1) is 21.3 Å². The maximum atomic E-state index is 7.13. The number of pyridine rings is 2. The van der Waals surface area contributed by atoms with E-state index in [2.05, 4.69) is 35.2 Å². The van der Waals surface area contributed by atoms with E-state index in [1.165, 1.54) is 10.8 Å². The van der Waals surface area contributed by atoms with Crippen LogP contribution in [0.4, 0.5) is 0 Å². The van der Waals surface area contributed by atoms with E-state index >= 15 is 0 Å². The second kappa shape index (κ2) is 25.2. The summed E-state index contributed by atoms with van der Waals surface area (Å²) in [6.45, 7) is 0. The first-order valence-electron chi connectivity index (χ1n) is 4.55. The van der Waals surface area contributed by atoms with Crippen LogP contribution in [0.3, 0.4) is 0 Å². The first-order valence-corrected chi connectivity index (χ1v) is 5.37. The van der Waals surface area contributed by atoms with Crippen LogP contribution in [0.15, 0.2) is 61.2 Å². The molecule has 0 spiro atoms. The molecule has 0 bridgehead atoms. The number of nitriles is 2. The monoisotopic (exact) mass is 333 g/mol. The molecule has 0 saturated carbocycles. The van der Waals surface area contributed by atoms with Gasteiger partial charge in [-0.15, -0.1) is 0 Å². The molecule has 2 rings (SSSR count). The van der Waals surface area contributed by atoms with Crippen LogP contribution in [-0.4, -0.2) is 9.97 Å². The predicted octanol–water partition coefficient (Wildman–Crippen LogP) is 2.19. The largest absolute Gasteiger partial charge is 2.00 e. The van der Waals surface area contributed by atoms with E-state index in [4.69, 9.17) is 10.5 Å². The topological polar surface area (TPSA) is 73.4 Å². The Morgan fingerprint density at radius 2 is 0.842 bits per heavy atom. The van der Waals surface area contributed by atoms with E-state index in [1.54, 1.807) is 24.8 Å². The van der Waals surface area contributed by atoms with Gasteiger partial charge in [-0.3, -0.25) is 9.97 Å². The van der Waals surface area contributed by atoms with Crippen molar-refractivity contribution in [1.29, 1.82) is 10.5 Å². The Kier molecular flexibility index (Phi) is 29.7. The van der Waals surface area contributed by atoms with Gasteiger partial charge in [0.05, 0.1) is 0 Å². The van der Waals surface area contributed by atoms with Gasteiger partial charge in [-0.05, 0) is 24.3 Å². The number of nitrogens with zero attached hydrogens (tertiary/aromatic N) is 4. The number of thiocyanates is 2. The Labute approximate surface area is 134 Å². The van der Waals surface area contributed by atoms with Gasteiger partial charge < -0.3 is 25.3 Å². The molecular formula is C12H10CoN4S2. The van der Waals surface area contributed by atoms with Crippen molar-refractivity contribution in [2.45, 2.75) is 0 Å². The van der Waals surface area contributed by atoms with E-state index < -0.39 is 0 Å². The van der Waals surface area contributed by atoms with Crippen molar-refractivity contribution in [1.82, 2.24) is 9.97 Å². The van der Waals surface area contributed by atoms with Gasteiger partial charge >= 0.3 is 16.8 Å². The molecule has 0 aliphatic heterocycles. The van der Waals surface area contributed by atoms with Crippen molar-refractivity contribution >= 4 is 25.3 Å². The minimum Gasteiger partial charge on any atom is -0.696 e. The Hall–Kier alpha value is -1.77. The number of rotatable bonds is 0. The van der Waals surface area contributed by atoms with Crippen LogP contribution in [0.1, 0.15) is 0 Å². The maximum absolute atomic E-state index is 7.13. The smallest absolute Gasteiger partial charge is 0.696 e. The van der Waals surface area contributed by atoms with Gasteiger partial charge in [0.15, 0.2) is 0 Å². The van der Waals surface area contributed by atoms with Crippen molar-refractivity contribution in [3.63, 3.8) is 0 Å². The van der Waals surface area contributed by atoms with Crippen molar-refractivity contribution in [2.24, 2.45) is 0 Å². The molecule has 0 atom stereocenters. The molecule has 19 heavy (non-hydrogen) atoms. The molecule has 0 unspecified atom stereocenters. The van der Waals surface area contributed by atoms with E-state index in [9.17, 15) is 0 Å². The second-order valence-electron chi connectivity index (χ2n) is 2.23. The summed E-state index contributed by atoms with van der Waals surface area (Å²) in [5.74, 6) is 0. The molecule has 0 saturated heterocycles. The minimum atomic E-state index is 0. The minimum absolute atomic E-state index is 0. The van der Waals surface area contributed by atoms with Gasteiger partial charge in [0, 0.05) is 24.8 Å². The summed E-state index contributed by atoms with van der Waals surface area (Å²) in [4.78, 5) is 7.57. The first-order chi connectivity index (χ1) is 8.83. The average Bonchev–Trinajstić information content (AvgIpc) is 2.45. The molecule has 1 radical (unpaired) electrons. The van der Waals surface area contributed by atoms with Gasteiger partial charge in [0.1, 0.15) is 0 Å². The quantitative estimate of drug-likeness (QED) is 0.543. The molecule has 4 nitrogen and oxygen atoms in total. The zero-order valence-electron chi connectivity index (χ0n) is 9.71. The summed E-state index contributed by atoms with van der Waals surface area (Å²) in [6.07, 6.45) is 7.00. The molecule has 7 heteroatoms. The van der Waals surface area contributed by atoms with Crippen molar-refractivity contribution < 1.29 is 16.8 Å². The van der Waals surface area contributed by atoms with Gasteiger partial charge in [0.25, 0.3) is 0 Å². The van der Waals surface area contributed by atoms with Gasteiger partial charge in [-0.2, -0.15) is 0 Å². The molecule has 2 aromatic heterocycles. The molecule has 0 aromatic carbocycles. The molecule has 2 aromatic rings. The third kappa shape index (κ3) is 31.4. The summed E-state index contributed by atoms with van der Waals surface area (Å²) in [5.41, 5.74) is 0. The van der Waals surface area contributed by atoms with Gasteiger partial charge in [0.2, 0.25) is 0 Å². The summed E-state index contributed by atoms with van der Waals surface area (Å²) < 4.78 is 0. The van der Waals surface area contributed by atoms with Crippen molar-refractivity contribution in [3.05, 3.63) is 61.2 Å². The Morgan fingerprint density at radius 3 is 0.895 bits per heavy atom. The average molecular weight is 333 g/mol. The third-order valence-corrected chi connectivity index (χ3v) is 1.13. The number of hydrogen-bond donors (Lipinski definition) is 0. The zero-order chi connectivity index (χ0) is 13.9. The Bertz CT molecular complexity index is 332. The molecule has 0 fully saturated rings. The molecular weight excluding hydrogens is 323 g/mol. The summed E-state index contributed by atoms with van der Waals surface area (Å²) in [7, 11) is 0. The normalized spacial score (nSPS) is 5.79.